The van der Waals surface area contributed by atoms with E-state index in [1.165, 1.54) is 12.8 Å². The Hall–Kier alpha value is -2.89. The number of nitrogens with zero attached hydrogens (tertiary/aromatic N) is 2. The van der Waals surface area contributed by atoms with Crippen LogP contribution < -0.4 is 10.2 Å². The highest BCUT2D eigenvalue weighted by atomic mass is 16.5. The highest BCUT2D eigenvalue weighted by Crippen LogP contribution is 2.27. The van der Waals surface area contributed by atoms with Crippen molar-refractivity contribution in [3.63, 3.8) is 0 Å². The molecular formula is C22H27N3O3. The van der Waals surface area contributed by atoms with Crippen molar-refractivity contribution in [2.75, 3.05) is 23.4 Å². The number of para-hydroxylation sites is 1. The minimum absolute atomic E-state index is 0.277. The summed E-state index contributed by atoms with van der Waals surface area (Å²) in [5.41, 5.74) is 2.10. The van der Waals surface area contributed by atoms with Gasteiger partial charge in [-0.3, -0.25) is 9.78 Å². The fourth-order valence-electron chi connectivity index (χ4n) is 3.65. The molecule has 3 rings (SSSR count). The number of rotatable bonds is 6. The average Bonchev–Trinajstić information content (AvgIpc) is 2.74. The van der Waals surface area contributed by atoms with Crippen LogP contribution in [0.1, 0.15) is 60.4 Å². The van der Waals surface area contributed by atoms with Gasteiger partial charge in [0.15, 0.2) is 0 Å². The minimum Gasteiger partial charge on any atom is -0.462 e. The maximum Gasteiger partial charge on any atom is 0.340 e. The minimum atomic E-state index is -0.459. The van der Waals surface area contributed by atoms with Gasteiger partial charge in [-0.15, -0.1) is 0 Å². The lowest BCUT2D eigenvalue weighted by Crippen LogP contribution is -2.39. The van der Waals surface area contributed by atoms with Gasteiger partial charge in [0.1, 0.15) is 5.69 Å². The number of amides is 1. The third-order valence-corrected chi connectivity index (χ3v) is 5.08. The molecule has 0 bridgehead atoms. The Balaban J connectivity index is 1.80. The molecule has 1 aliphatic heterocycles. The number of carbonyl (C=O) groups is 2. The summed E-state index contributed by atoms with van der Waals surface area (Å²) in [6.07, 6.45) is 6.33. The van der Waals surface area contributed by atoms with E-state index >= 15 is 0 Å². The molecule has 6 nitrogen and oxygen atoms in total. The van der Waals surface area contributed by atoms with Crippen LogP contribution in [0.2, 0.25) is 0 Å². The van der Waals surface area contributed by atoms with E-state index in [1.807, 2.05) is 12.1 Å². The number of pyridine rings is 1. The molecule has 1 atom stereocenters. The molecule has 0 spiro atoms. The number of anilines is 2. The van der Waals surface area contributed by atoms with Crippen LogP contribution in [0, 0.1) is 0 Å². The largest absolute Gasteiger partial charge is 0.462 e. The van der Waals surface area contributed by atoms with Crippen LogP contribution in [0.5, 0.6) is 0 Å². The standard InChI is InChI=1S/C22H27N3O3/c1-3-16-9-7-8-14-25(16)17-12-13-23-20(15-17)21(26)24-19-11-6-5-10-18(19)22(27)28-4-2/h5-6,10-13,15-16H,3-4,7-9,14H2,1-2H3,(H,24,26). The zero-order chi connectivity index (χ0) is 19.9. The molecular weight excluding hydrogens is 354 g/mol. The number of piperidine rings is 1. The molecule has 1 saturated heterocycles. The van der Waals surface area contributed by atoms with Crippen LogP contribution >= 0.6 is 0 Å². The topological polar surface area (TPSA) is 71.5 Å². The zero-order valence-corrected chi connectivity index (χ0v) is 16.5. The van der Waals surface area contributed by atoms with Gasteiger partial charge in [0.2, 0.25) is 0 Å². The molecule has 2 aromatic rings. The number of hydrogen-bond acceptors (Lipinski definition) is 5. The lowest BCUT2D eigenvalue weighted by Gasteiger charge is -2.37. The maximum absolute atomic E-state index is 12.8. The van der Waals surface area contributed by atoms with E-state index in [2.05, 4.69) is 22.1 Å². The number of aromatic nitrogens is 1. The smallest absolute Gasteiger partial charge is 0.340 e. The molecule has 148 valence electrons. The van der Waals surface area contributed by atoms with Gasteiger partial charge in [0, 0.05) is 24.5 Å². The van der Waals surface area contributed by atoms with Crippen LogP contribution in [0.25, 0.3) is 0 Å². The SMILES string of the molecule is CCOC(=O)c1ccccc1NC(=O)c1cc(N2CCCCC2CC)ccn1. The first-order valence-corrected chi connectivity index (χ1v) is 9.94. The van der Waals surface area contributed by atoms with Gasteiger partial charge in [0.25, 0.3) is 5.91 Å². The molecule has 1 N–H and O–H groups in total. The van der Waals surface area contributed by atoms with Gasteiger partial charge in [-0.25, -0.2) is 4.79 Å². The number of carbonyl (C=O) groups excluding carboxylic acids is 2. The highest BCUT2D eigenvalue weighted by molar-refractivity contribution is 6.07. The van der Waals surface area contributed by atoms with Crippen molar-refractivity contribution in [3.8, 4) is 0 Å². The first-order chi connectivity index (χ1) is 13.6. The summed E-state index contributed by atoms with van der Waals surface area (Å²) in [6.45, 7) is 5.22. The number of ether oxygens (including phenoxy) is 1. The van der Waals surface area contributed by atoms with Crippen molar-refractivity contribution in [1.29, 1.82) is 0 Å². The first-order valence-electron chi connectivity index (χ1n) is 9.94. The maximum atomic E-state index is 12.8. The van der Waals surface area contributed by atoms with E-state index in [4.69, 9.17) is 4.74 Å². The Morgan fingerprint density at radius 3 is 2.82 bits per heavy atom. The Morgan fingerprint density at radius 2 is 2.04 bits per heavy atom. The third-order valence-electron chi connectivity index (χ3n) is 5.08. The summed E-state index contributed by atoms with van der Waals surface area (Å²) in [6, 6.07) is 11.1. The fraction of sp³-hybridized carbons (Fsp3) is 0.409. The predicted molar refractivity (Wildman–Crippen MR) is 110 cm³/mol. The van der Waals surface area contributed by atoms with E-state index in [-0.39, 0.29) is 12.5 Å². The Morgan fingerprint density at radius 1 is 1.21 bits per heavy atom. The molecule has 0 aliphatic carbocycles. The molecule has 1 unspecified atom stereocenters. The molecule has 1 fully saturated rings. The normalized spacial score (nSPS) is 16.5. The summed E-state index contributed by atoms with van der Waals surface area (Å²) in [4.78, 5) is 31.5. The molecule has 2 heterocycles. The van der Waals surface area contributed by atoms with Gasteiger partial charge in [0.05, 0.1) is 17.9 Å². The van der Waals surface area contributed by atoms with Crippen LogP contribution in [-0.4, -0.2) is 36.1 Å². The van der Waals surface area contributed by atoms with Gasteiger partial charge in [-0.1, -0.05) is 19.1 Å². The first kappa shape index (κ1) is 19.9. The highest BCUT2D eigenvalue weighted by Gasteiger charge is 2.22. The van der Waals surface area contributed by atoms with Crippen molar-refractivity contribution in [3.05, 3.63) is 53.9 Å². The molecule has 1 aliphatic rings. The molecule has 1 aromatic carbocycles. The molecule has 28 heavy (non-hydrogen) atoms. The second-order valence-corrected chi connectivity index (χ2v) is 6.87. The van der Waals surface area contributed by atoms with Crippen LogP contribution in [-0.2, 0) is 4.74 Å². The van der Waals surface area contributed by atoms with E-state index in [1.54, 1.807) is 37.4 Å². The number of esters is 1. The Bertz CT molecular complexity index is 837. The monoisotopic (exact) mass is 381 g/mol. The Kier molecular flexibility index (Phi) is 6.63. The Labute approximate surface area is 165 Å². The molecule has 6 heteroatoms. The van der Waals surface area contributed by atoms with Gasteiger partial charge in [-0.05, 0) is 56.9 Å². The van der Waals surface area contributed by atoms with Crippen LogP contribution in [0.4, 0.5) is 11.4 Å². The van der Waals surface area contributed by atoms with Gasteiger partial charge >= 0.3 is 5.97 Å². The lowest BCUT2D eigenvalue weighted by molar-refractivity contribution is 0.0527. The van der Waals surface area contributed by atoms with E-state index in [9.17, 15) is 9.59 Å². The second kappa shape index (κ2) is 9.35. The van der Waals surface area contributed by atoms with Gasteiger partial charge < -0.3 is 15.0 Å². The molecule has 0 radical (unpaired) electrons. The van der Waals surface area contributed by atoms with E-state index in [0.717, 1.165) is 25.1 Å². The van der Waals surface area contributed by atoms with Crippen LogP contribution in [0.3, 0.4) is 0 Å². The van der Waals surface area contributed by atoms with Crippen molar-refractivity contribution in [2.24, 2.45) is 0 Å². The quantitative estimate of drug-likeness (QED) is 0.756. The second-order valence-electron chi connectivity index (χ2n) is 6.87. The van der Waals surface area contributed by atoms with Crippen molar-refractivity contribution in [1.82, 2.24) is 4.98 Å². The van der Waals surface area contributed by atoms with E-state index in [0.29, 0.717) is 23.0 Å². The van der Waals surface area contributed by atoms with Gasteiger partial charge in [-0.2, -0.15) is 0 Å². The molecule has 1 amide bonds. The average molecular weight is 381 g/mol. The van der Waals surface area contributed by atoms with Crippen molar-refractivity contribution >= 4 is 23.3 Å². The van der Waals surface area contributed by atoms with Crippen molar-refractivity contribution in [2.45, 2.75) is 45.6 Å². The summed E-state index contributed by atoms with van der Waals surface area (Å²) in [5, 5.41) is 2.80. The third kappa shape index (κ3) is 4.50. The number of hydrogen-bond donors (Lipinski definition) is 1. The molecule has 0 saturated carbocycles. The summed E-state index contributed by atoms with van der Waals surface area (Å²) >= 11 is 0. The lowest BCUT2D eigenvalue weighted by atomic mass is 9.99. The van der Waals surface area contributed by atoms with Crippen LogP contribution in [0.15, 0.2) is 42.6 Å². The number of benzene rings is 1. The zero-order valence-electron chi connectivity index (χ0n) is 16.5. The summed E-state index contributed by atoms with van der Waals surface area (Å²) < 4.78 is 5.07. The fourth-order valence-corrected chi connectivity index (χ4v) is 3.65. The predicted octanol–water partition coefficient (Wildman–Crippen LogP) is 4.28. The number of nitrogens with one attached hydrogen (secondary N) is 1. The summed E-state index contributed by atoms with van der Waals surface area (Å²) in [7, 11) is 0. The van der Waals surface area contributed by atoms with Crippen molar-refractivity contribution < 1.29 is 14.3 Å². The van der Waals surface area contributed by atoms with E-state index < -0.39 is 5.97 Å². The molecule has 1 aromatic heterocycles. The summed E-state index contributed by atoms with van der Waals surface area (Å²) in [5.74, 6) is -0.803.